The standard InChI is InChI=1S/C12H20O6/c1-11(2)14-5-6(16-11)8-7(13)9-10(15-8)18-12(3,4)17-9/h6-10,13H,5H2,1-4H3/t6-,7-,8+,9-,10+/m0/s1. The van der Waals surface area contributed by atoms with Crippen LogP contribution in [0, 0.1) is 0 Å². The molecule has 5 atom stereocenters. The highest BCUT2D eigenvalue weighted by Gasteiger charge is 2.57. The Hall–Kier alpha value is -0.240. The van der Waals surface area contributed by atoms with Crippen LogP contribution in [0.3, 0.4) is 0 Å². The van der Waals surface area contributed by atoms with Crippen molar-refractivity contribution in [2.75, 3.05) is 6.61 Å². The molecule has 1 N–H and O–H groups in total. The third-order valence-corrected chi connectivity index (χ3v) is 3.45. The molecule has 3 fully saturated rings. The third kappa shape index (κ3) is 2.07. The lowest BCUT2D eigenvalue weighted by Gasteiger charge is -2.26. The highest BCUT2D eigenvalue weighted by atomic mass is 16.8. The number of hydrogen-bond acceptors (Lipinski definition) is 6. The Morgan fingerprint density at radius 3 is 2.22 bits per heavy atom. The van der Waals surface area contributed by atoms with Gasteiger partial charge in [-0.05, 0) is 27.7 Å². The molecule has 3 aliphatic rings. The van der Waals surface area contributed by atoms with Crippen LogP contribution in [0.15, 0.2) is 0 Å². The Kier molecular flexibility index (Phi) is 2.75. The summed E-state index contributed by atoms with van der Waals surface area (Å²) in [6.45, 7) is 7.68. The van der Waals surface area contributed by atoms with Crippen molar-refractivity contribution in [2.45, 2.75) is 70.0 Å². The summed E-state index contributed by atoms with van der Waals surface area (Å²) < 4.78 is 28.1. The zero-order chi connectivity index (χ0) is 13.1. The smallest absolute Gasteiger partial charge is 0.190 e. The van der Waals surface area contributed by atoms with Gasteiger partial charge in [0, 0.05) is 0 Å². The summed E-state index contributed by atoms with van der Waals surface area (Å²) in [6, 6.07) is 0. The van der Waals surface area contributed by atoms with Crippen LogP contribution in [0.5, 0.6) is 0 Å². The van der Waals surface area contributed by atoms with Crippen LogP contribution < -0.4 is 0 Å². The summed E-state index contributed by atoms with van der Waals surface area (Å²) >= 11 is 0. The molecule has 0 unspecified atom stereocenters. The van der Waals surface area contributed by atoms with Gasteiger partial charge in [0.15, 0.2) is 17.9 Å². The molecule has 0 aromatic carbocycles. The number of fused-ring (bicyclic) bond motifs is 1. The monoisotopic (exact) mass is 260 g/mol. The molecule has 0 spiro atoms. The van der Waals surface area contributed by atoms with Crippen LogP contribution in [0.2, 0.25) is 0 Å². The van der Waals surface area contributed by atoms with E-state index in [1.54, 1.807) is 13.8 Å². The van der Waals surface area contributed by atoms with Crippen molar-refractivity contribution in [1.82, 2.24) is 0 Å². The van der Waals surface area contributed by atoms with E-state index in [0.29, 0.717) is 6.61 Å². The van der Waals surface area contributed by atoms with Gasteiger partial charge in [-0.3, -0.25) is 0 Å². The van der Waals surface area contributed by atoms with Gasteiger partial charge >= 0.3 is 0 Å². The number of ether oxygens (including phenoxy) is 5. The molecule has 0 aromatic rings. The van der Waals surface area contributed by atoms with Crippen LogP contribution in [-0.2, 0) is 23.7 Å². The number of rotatable bonds is 1. The molecule has 18 heavy (non-hydrogen) atoms. The second kappa shape index (κ2) is 3.88. The quantitative estimate of drug-likeness (QED) is 0.735. The Balaban J connectivity index is 1.68. The van der Waals surface area contributed by atoms with Gasteiger partial charge in [-0.25, -0.2) is 0 Å². The van der Waals surface area contributed by atoms with E-state index in [9.17, 15) is 5.11 Å². The first-order chi connectivity index (χ1) is 8.27. The minimum atomic E-state index is -0.765. The Morgan fingerprint density at radius 1 is 0.944 bits per heavy atom. The van der Waals surface area contributed by atoms with E-state index in [1.807, 2.05) is 13.8 Å². The molecule has 0 aromatic heterocycles. The first-order valence-electron chi connectivity index (χ1n) is 6.28. The van der Waals surface area contributed by atoms with E-state index in [0.717, 1.165) is 0 Å². The molecule has 3 rings (SSSR count). The summed E-state index contributed by atoms with van der Waals surface area (Å²) in [4.78, 5) is 0. The molecule has 6 heteroatoms. The normalized spacial score (nSPS) is 49.5. The third-order valence-electron chi connectivity index (χ3n) is 3.45. The van der Waals surface area contributed by atoms with Crippen LogP contribution >= 0.6 is 0 Å². The maximum absolute atomic E-state index is 10.3. The van der Waals surface area contributed by atoms with Crippen molar-refractivity contribution in [3.8, 4) is 0 Å². The van der Waals surface area contributed by atoms with Crippen LogP contribution in [0.4, 0.5) is 0 Å². The molecule has 3 saturated heterocycles. The van der Waals surface area contributed by atoms with Crippen molar-refractivity contribution >= 4 is 0 Å². The summed E-state index contributed by atoms with van der Waals surface area (Å²) in [5, 5.41) is 10.3. The van der Waals surface area contributed by atoms with E-state index in [-0.39, 0.29) is 6.10 Å². The van der Waals surface area contributed by atoms with Crippen molar-refractivity contribution < 1.29 is 28.8 Å². The van der Waals surface area contributed by atoms with Gasteiger partial charge in [-0.15, -0.1) is 0 Å². The molecule has 0 amide bonds. The highest BCUT2D eigenvalue weighted by molar-refractivity contribution is 4.97. The average Bonchev–Trinajstić information content (AvgIpc) is 2.81. The van der Waals surface area contributed by atoms with Crippen molar-refractivity contribution in [3.05, 3.63) is 0 Å². The second-order valence-electron chi connectivity index (χ2n) is 5.93. The zero-order valence-corrected chi connectivity index (χ0v) is 11.1. The number of hydrogen-bond donors (Lipinski definition) is 1. The molecule has 104 valence electrons. The fraction of sp³-hybridized carbons (Fsp3) is 1.00. The zero-order valence-electron chi connectivity index (χ0n) is 11.1. The molecule has 0 aliphatic carbocycles. The average molecular weight is 260 g/mol. The van der Waals surface area contributed by atoms with Gasteiger partial charge in [0.05, 0.1) is 6.61 Å². The van der Waals surface area contributed by atoms with E-state index < -0.39 is 36.2 Å². The van der Waals surface area contributed by atoms with Gasteiger partial charge < -0.3 is 28.8 Å². The van der Waals surface area contributed by atoms with Crippen LogP contribution in [0.1, 0.15) is 27.7 Å². The van der Waals surface area contributed by atoms with Crippen molar-refractivity contribution in [3.63, 3.8) is 0 Å². The summed E-state index contributed by atoms with van der Waals surface area (Å²) in [5.41, 5.74) is 0. The molecule has 3 heterocycles. The molecule has 6 nitrogen and oxygen atoms in total. The lowest BCUT2D eigenvalue weighted by molar-refractivity contribution is -0.232. The SMILES string of the molecule is CC1(C)O[C@H]2O[C@H]([C@@H]3COC(C)(C)O3)[C@H](O)[C@@H]2O1. The number of aliphatic hydroxyl groups excluding tert-OH is 1. The first-order valence-corrected chi connectivity index (χ1v) is 6.28. The first kappa shape index (κ1) is 12.8. The Labute approximate surface area is 106 Å². The van der Waals surface area contributed by atoms with E-state index in [4.69, 9.17) is 23.7 Å². The second-order valence-corrected chi connectivity index (χ2v) is 5.93. The maximum Gasteiger partial charge on any atom is 0.190 e. The van der Waals surface area contributed by atoms with E-state index >= 15 is 0 Å². The molecule has 0 radical (unpaired) electrons. The van der Waals surface area contributed by atoms with Gasteiger partial charge in [0.25, 0.3) is 0 Å². The molecule has 0 bridgehead atoms. The number of aliphatic hydroxyl groups is 1. The molecule has 3 aliphatic heterocycles. The molecule has 0 saturated carbocycles. The summed E-state index contributed by atoms with van der Waals surface area (Å²) in [5.74, 6) is -1.35. The lowest BCUT2D eigenvalue weighted by Crippen LogP contribution is -2.42. The van der Waals surface area contributed by atoms with Crippen molar-refractivity contribution in [2.24, 2.45) is 0 Å². The minimum absolute atomic E-state index is 0.295. The van der Waals surface area contributed by atoms with Gasteiger partial charge in [0.2, 0.25) is 0 Å². The predicted molar refractivity (Wildman–Crippen MR) is 59.6 cm³/mol. The Bertz CT molecular complexity index is 341. The van der Waals surface area contributed by atoms with Gasteiger partial charge in [0.1, 0.15) is 24.4 Å². The fourth-order valence-electron chi connectivity index (χ4n) is 2.70. The molecular formula is C12H20O6. The topological polar surface area (TPSA) is 66.4 Å². The predicted octanol–water partition coefficient (Wildman–Crippen LogP) is 0.375. The fourth-order valence-corrected chi connectivity index (χ4v) is 2.70. The van der Waals surface area contributed by atoms with Gasteiger partial charge in [-0.2, -0.15) is 0 Å². The van der Waals surface area contributed by atoms with E-state index in [2.05, 4.69) is 0 Å². The Morgan fingerprint density at radius 2 is 1.67 bits per heavy atom. The maximum atomic E-state index is 10.3. The lowest BCUT2D eigenvalue weighted by atomic mass is 10.1. The van der Waals surface area contributed by atoms with Crippen LogP contribution in [-0.4, -0.2) is 54.0 Å². The molecular weight excluding hydrogens is 240 g/mol. The minimum Gasteiger partial charge on any atom is -0.387 e. The van der Waals surface area contributed by atoms with Crippen LogP contribution in [0.25, 0.3) is 0 Å². The summed E-state index contributed by atoms with van der Waals surface area (Å²) in [7, 11) is 0. The largest absolute Gasteiger partial charge is 0.387 e. The summed E-state index contributed by atoms with van der Waals surface area (Å²) in [6.07, 6.45) is -2.53. The van der Waals surface area contributed by atoms with Gasteiger partial charge in [-0.1, -0.05) is 0 Å². The van der Waals surface area contributed by atoms with E-state index in [1.165, 1.54) is 0 Å². The highest BCUT2D eigenvalue weighted by Crippen LogP contribution is 2.40. The van der Waals surface area contributed by atoms with Crippen molar-refractivity contribution in [1.29, 1.82) is 0 Å².